The van der Waals surface area contributed by atoms with Crippen LogP contribution in [0, 0.1) is 19.8 Å². The van der Waals surface area contributed by atoms with Crippen LogP contribution in [0.3, 0.4) is 0 Å². The molecule has 0 aliphatic carbocycles. The zero-order valence-electron chi connectivity index (χ0n) is 20.2. The lowest BCUT2D eigenvalue weighted by Crippen LogP contribution is -2.27. The fourth-order valence-corrected chi connectivity index (χ4v) is 4.62. The van der Waals surface area contributed by atoms with Crippen LogP contribution >= 0.6 is 12.2 Å². The van der Waals surface area contributed by atoms with E-state index in [-0.39, 0.29) is 0 Å². The summed E-state index contributed by atoms with van der Waals surface area (Å²) in [5.74, 6) is 1.46. The fourth-order valence-electron chi connectivity index (χ4n) is 4.40. The average molecular weight is 459 g/mol. The van der Waals surface area contributed by atoms with Crippen molar-refractivity contribution in [1.29, 1.82) is 0 Å². The lowest BCUT2D eigenvalue weighted by molar-refractivity contribution is 0.529. The van der Waals surface area contributed by atoms with Gasteiger partial charge < -0.3 is 10.2 Å². The van der Waals surface area contributed by atoms with Gasteiger partial charge in [0.15, 0.2) is 0 Å². The number of fused-ring (bicyclic) bond motifs is 1. The first-order chi connectivity index (χ1) is 16.0. The number of nitrogens with zero attached hydrogens (tertiary/aromatic N) is 3. The maximum atomic E-state index is 5.61. The standard InChI is InChI=1S/C28H34N4S/c1-5-19(2)13-16-26(33)31-27-20(3)29-28(30-21(27)4)32-17-9-12-24-18-23(14-15-25(24)32)22-10-7-6-8-11-22/h6-8,10-11,14-15,18-19H,5,9,12-13,16-17H2,1-4H3,(H,31,33). The Kier molecular flexibility index (Phi) is 7.39. The number of hydrogen-bond acceptors (Lipinski definition) is 4. The van der Waals surface area contributed by atoms with E-state index in [0.717, 1.165) is 60.2 Å². The molecule has 1 unspecified atom stereocenters. The van der Waals surface area contributed by atoms with Crippen molar-refractivity contribution >= 4 is 34.5 Å². The van der Waals surface area contributed by atoms with Gasteiger partial charge in [-0.05, 0) is 74.3 Å². The number of thiocarbonyl (C=S) groups is 1. The molecule has 2 heterocycles. The van der Waals surface area contributed by atoms with Crippen molar-refractivity contribution in [2.24, 2.45) is 5.92 Å². The molecule has 0 amide bonds. The van der Waals surface area contributed by atoms with Crippen LogP contribution < -0.4 is 10.2 Å². The van der Waals surface area contributed by atoms with Crippen molar-refractivity contribution in [1.82, 2.24) is 9.97 Å². The molecule has 0 fully saturated rings. The summed E-state index contributed by atoms with van der Waals surface area (Å²) in [5.41, 5.74) is 7.91. The zero-order chi connectivity index (χ0) is 23.4. The molecular weight excluding hydrogens is 424 g/mol. The van der Waals surface area contributed by atoms with E-state index >= 15 is 0 Å². The first-order valence-corrected chi connectivity index (χ1v) is 12.5. The van der Waals surface area contributed by atoms with Gasteiger partial charge in [0.25, 0.3) is 0 Å². The van der Waals surface area contributed by atoms with Crippen molar-refractivity contribution in [3.05, 3.63) is 65.5 Å². The van der Waals surface area contributed by atoms with Crippen LogP contribution in [-0.4, -0.2) is 21.5 Å². The zero-order valence-corrected chi connectivity index (χ0v) is 21.0. The number of aromatic nitrogens is 2. The Hall–Kier alpha value is -2.79. The van der Waals surface area contributed by atoms with Crippen LogP contribution in [0.25, 0.3) is 11.1 Å². The number of benzene rings is 2. The summed E-state index contributed by atoms with van der Waals surface area (Å²) in [7, 11) is 0. The van der Waals surface area contributed by atoms with Crippen molar-refractivity contribution in [2.75, 3.05) is 16.8 Å². The molecule has 1 aliphatic heterocycles. The highest BCUT2D eigenvalue weighted by Gasteiger charge is 2.22. The molecule has 1 N–H and O–H groups in total. The van der Waals surface area contributed by atoms with E-state index in [1.807, 2.05) is 13.8 Å². The lowest BCUT2D eigenvalue weighted by Gasteiger charge is -2.30. The van der Waals surface area contributed by atoms with Crippen LogP contribution in [0.5, 0.6) is 0 Å². The highest BCUT2D eigenvalue weighted by molar-refractivity contribution is 7.80. The summed E-state index contributed by atoms with van der Waals surface area (Å²) in [4.78, 5) is 12.9. The Morgan fingerprint density at radius 3 is 2.48 bits per heavy atom. The highest BCUT2D eigenvalue weighted by Crippen LogP contribution is 2.35. The van der Waals surface area contributed by atoms with Gasteiger partial charge in [-0.25, -0.2) is 9.97 Å². The van der Waals surface area contributed by atoms with Crippen molar-refractivity contribution in [2.45, 2.75) is 59.8 Å². The van der Waals surface area contributed by atoms with Gasteiger partial charge in [0.1, 0.15) is 0 Å². The molecule has 0 saturated heterocycles. The van der Waals surface area contributed by atoms with E-state index < -0.39 is 0 Å². The van der Waals surface area contributed by atoms with Gasteiger partial charge in [-0.1, -0.05) is 68.9 Å². The van der Waals surface area contributed by atoms with Crippen molar-refractivity contribution in [3.8, 4) is 11.1 Å². The number of rotatable bonds is 7. The minimum Gasteiger partial charge on any atom is -0.347 e. The monoisotopic (exact) mass is 458 g/mol. The molecule has 3 aromatic rings. The lowest BCUT2D eigenvalue weighted by atomic mass is 9.96. The predicted molar refractivity (Wildman–Crippen MR) is 144 cm³/mol. The smallest absolute Gasteiger partial charge is 0.230 e. The Morgan fingerprint density at radius 2 is 1.79 bits per heavy atom. The molecule has 0 radical (unpaired) electrons. The summed E-state index contributed by atoms with van der Waals surface area (Å²) >= 11 is 5.61. The number of hydrogen-bond donors (Lipinski definition) is 1. The van der Waals surface area contributed by atoms with Gasteiger partial charge in [0.05, 0.1) is 22.1 Å². The maximum Gasteiger partial charge on any atom is 0.230 e. The summed E-state index contributed by atoms with van der Waals surface area (Å²) in [6.45, 7) is 9.51. The van der Waals surface area contributed by atoms with Crippen LogP contribution in [0.1, 0.15) is 56.5 Å². The van der Waals surface area contributed by atoms with Crippen LogP contribution in [0.15, 0.2) is 48.5 Å². The Bertz CT molecular complexity index is 1100. The average Bonchev–Trinajstić information content (AvgIpc) is 2.84. The molecular formula is C28H34N4S. The summed E-state index contributed by atoms with van der Waals surface area (Å²) < 4.78 is 0. The fraction of sp³-hybridized carbons (Fsp3) is 0.393. The van der Waals surface area contributed by atoms with Crippen molar-refractivity contribution in [3.63, 3.8) is 0 Å². The molecule has 0 bridgehead atoms. The SMILES string of the molecule is CCC(C)CCC(=S)Nc1c(C)nc(N2CCCc3cc(-c4ccccc4)ccc32)nc1C. The largest absolute Gasteiger partial charge is 0.347 e. The number of nitrogens with one attached hydrogen (secondary N) is 1. The molecule has 33 heavy (non-hydrogen) atoms. The van der Waals surface area contributed by atoms with Crippen LogP contribution in [-0.2, 0) is 6.42 Å². The summed E-state index contributed by atoms with van der Waals surface area (Å²) in [6.07, 6.45) is 5.35. The minimum atomic E-state index is 0.687. The van der Waals surface area contributed by atoms with Gasteiger partial charge in [-0.15, -0.1) is 0 Å². The second-order valence-corrected chi connectivity index (χ2v) is 9.63. The van der Waals surface area contributed by atoms with E-state index in [1.165, 1.54) is 28.8 Å². The Morgan fingerprint density at radius 1 is 1.06 bits per heavy atom. The molecule has 2 aromatic carbocycles. The first kappa shape index (κ1) is 23.4. The molecule has 172 valence electrons. The van der Waals surface area contributed by atoms with Gasteiger partial charge in [0.2, 0.25) is 5.95 Å². The minimum absolute atomic E-state index is 0.687. The first-order valence-electron chi connectivity index (χ1n) is 12.1. The summed E-state index contributed by atoms with van der Waals surface area (Å²) in [5, 5.41) is 3.42. The van der Waals surface area contributed by atoms with E-state index in [2.05, 4.69) is 72.6 Å². The molecule has 0 saturated carbocycles. The van der Waals surface area contributed by atoms with E-state index in [9.17, 15) is 0 Å². The topological polar surface area (TPSA) is 41.1 Å². The Labute approximate surface area is 203 Å². The van der Waals surface area contributed by atoms with Crippen LogP contribution in [0.2, 0.25) is 0 Å². The molecule has 0 spiro atoms. The molecule has 4 nitrogen and oxygen atoms in total. The van der Waals surface area contributed by atoms with E-state index in [0.29, 0.717) is 5.92 Å². The second-order valence-electron chi connectivity index (χ2n) is 9.13. The van der Waals surface area contributed by atoms with Crippen LogP contribution in [0.4, 0.5) is 17.3 Å². The van der Waals surface area contributed by atoms with Gasteiger partial charge in [-0.2, -0.15) is 0 Å². The normalized spacial score (nSPS) is 14.0. The highest BCUT2D eigenvalue weighted by atomic mass is 32.1. The Balaban J connectivity index is 1.56. The number of aryl methyl sites for hydroxylation is 3. The molecule has 1 aliphatic rings. The molecule has 1 aromatic heterocycles. The van der Waals surface area contributed by atoms with E-state index in [4.69, 9.17) is 22.2 Å². The third kappa shape index (κ3) is 5.41. The van der Waals surface area contributed by atoms with Gasteiger partial charge in [-0.3, -0.25) is 0 Å². The van der Waals surface area contributed by atoms with Gasteiger partial charge >= 0.3 is 0 Å². The maximum absolute atomic E-state index is 5.61. The number of anilines is 3. The molecule has 4 rings (SSSR count). The molecule has 5 heteroatoms. The quantitative estimate of drug-likeness (QED) is 0.373. The third-order valence-electron chi connectivity index (χ3n) is 6.63. The predicted octanol–water partition coefficient (Wildman–Crippen LogP) is 7.41. The van der Waals surface area contributed by atoms with Crippen molar-refractivity contribution < 1.29 is 0 Å². The molecule has 1 atom stereocenters. The second kappa shape index (κ2) is 10.4. The van der Waals surface area contributed by atoms with Gasteiger partial charge in [0, 0.05) is 12.2 Å². The summed E-state index contributed by atoms with van der Waals surface area (Å²) in [6, 6.07) is 17.3. The van der Waals surface area contributed by atoms with E-state index in [1.54, 1.807) is 0 Å². The third-order valence-corrected chi connectivity index (χ3v) is 6.94.